The van der Waals surface area contributed by atoms with Gasteiger partial charge in [0.25, 0.3) is 5.91 Å². The van der Waals surface area contributed by atoms with Gasteiger partial charge in [-0.25, -0.2) is 10.4 Å². The molecule has 1 amide bonds. The van der Waals surface area contributed by atoms with Crippen molar-refractivity contribution in [1.29, 1.82) is 0 Å². The standard InChI is InChI=1S/C26H21ClN4O/c1-3-31-16(2)29-23-14-17(12-13-24(23)31)26(32)30-28-15-22-18-8-4-6-10-20(18)25(27)21-11-7-5-9-19(21)22/h4-15H,3H2,1-2H3,(H,30,32). The molecular formula is C26H21ClN4O. The highest BCUT2D eigenvalue weighted by Gasteiger charge is 2.12. The third-order valence-electron chi connectivity index (χ3n) is 5.78. The van der Waals surface area contributed by atoms with Crippen LogP contribution in [-0.2, 0) is 6.54 Å². The number of rotatable bonds is 4. The van der Waals surface area contributed by atoms with Crippen molar-refractivity contribution in [3.63, 3.8) is 0 Å². The number of hydrazone groups is 1. The highest BCUT2D eigenvalue weighted by molar-refractivity contribution is 6.42. The molecule has 1 aromatic heterocycles. The number of nitrogens with one attached hydrogen (secondary N) is 1. The fraction of sp³-hybridized carbons (Fsp3) is 0.115. The van der Waals surface area contributed by atoms with Gasteiger partial charge in [0.1, 0.15) is 5.82 Å². The SMILES string of the molecule is CCn1c(C)nc2cc(C(=O)NN=Cc3c4ccccc4c(Cl)c4ccccc34)ccc21. The molecule has 0 fully saturated rings. The zero-order chi connectivity index (χ0) is 22.2. The number of hydrogen-bond donors (Lipinski definition) is 1. The molecule has 0 atom stereocenters. The average Bonchev–Trinajstić information content (AvgIpc) is 3.15. The molecule has 5 nitrogen and oxygen atoms in total. The van der Waals surface area contributed by atoms with Crippen LogP contribution in [0.5, 0.6) is 0 Å². The predicted molar refractivity (Wildman–Crippen MR) is 132 cm³/mol. The summed E-state index contributed by atoms with van der Waals surface area (Å²) >= 11 is 6.66. The van der Waals surface area contributed by atoms with Crippen molar-refractivity contribution in [2.45, 2.75) is 20.4 Å². The number of amides is 1. The molecule has 0 aliphatic heterocycles. The fourth-order valence-corrected chi connectivity index (χ4v) is 4.59. The number of aromatic nitrogens is 2. The molecule has 1 N–H and O–H groups in total. The van der Waals surface area contributed by atoms with E-state index in [9.17, 15) is 4.79 Å². The number of fused-ring (bicyclic) bond motifs is 3. The molecule has 0 aliphatic carbocycles. The first-order valence-electron chi connectivity index (χ1n) is 10.5. The van der Waals surface area contributed by atoms with Crippen LogP contribution in [0.4, 0.5) is 0 Å². The van der Waals surface area contributed by atoms with Gasteiger partial charge in [0.15, 0.2) is 0 Å². The van der Waals surface area contributed by atoms with Gasteiger partial charge in [0, 0.05) is 28.4 Å². The van der Waals surface area contributed by atoms with Crippen molar-refractivity contribution in [3.05, 3.63) is 88.7 Å². The van der Waals surface area contributed by atoms with E-state index < -0.39 is 0 Å². The lowest BCUT2D eigenvalue weighted by atomic mass is 9.97. The van der Waals surface area contributed by atoms with Crippen molar-refractivity contribution >= 4 is 56.3 Å². The minimum atomic E-state index is -0.283. The van der Waals surface area contributed by atoms with E-state index in [0.29, 0.717) is 10.6 Å². The Kier molecular flexibility index (Phi) is 5.11. The quantitative estimate of drug-likeness (QED) is 0.209. The zero-order valence-corrected chi connectivity index (χ0v) is 18.5. The summed E-state index contributed by atoms with van der Waals surface area (Å²) in [7, 11) is 0. The first-order chi connectivity index (χ1) is 15.6. The second kappa shape index (κ2) is 8.09. The zero-order valence-electron chi connectivity index (χ0n) is 17.8. The molecule has 0 bridgehead atoms. The molecule has 5 aromatic rings. The van der Waals surface area contributed by atoms with E-state index in [-0.39, 0.29) is 5.91 Å². The Labute approximate surface area is 190 Å². The number of carbonyl (C=O) groups is 1. The number of halogens is 1. The predicted octanol–water partition coefficient (Wildman–Crippen LogP) is 6.09. The maximum Gasteiger partial charge on any atom is 0.271 e. The summed E-state index contributed by atoms with van der Waals surface area (Å²) in [5.74, 6) is 0.647. The van der Waals surface area contributed by atoms with Gasteiger partial charge in [-0.2, -0.15) is 5.10 Å². The van der Waals surface area contributed by atoms with Crippen molar-refractivity contribution in [3.8, 4) is 0 Å². The molecule has 0 spiro atoms. The minimum absolute atomic E-state index is 0.283. The number of aryl methyl sites for hydroxylation is 2. The molecule has 0 unspecified atom stereocenters. The summed E-state index contributed by atoms with van der Waals surface area (Å²) in [6.07, 6.45) is 1.69. The van der Waals surface area contributed by atoms with Gasteiger partial charge >= 0.3 is 0 Å². The summed E-state index contributed by atoms with van der Waals surface area (Å²) < 4.78 is 2.12. The third kappa shape index (κ3) is 3.31. The van der Waals surface area contributed by atoms with Crippen molar-refractivity contribution in [1.82, 2.24) is 15.0 Å². The van der Waals surface area contributed by atoms with E-state index >= 15 is 0 Å². The van der Waals surface area contributed by atoms with Crippen LogP contribution in [-0.4, -0.2) is 21.7 Å². The first kappa shape index (κ1) is 20.2. The number of imidazole rings is 1. The molecule has 0 radical (unpaired) electrons. The smallest absolute Gasteiger partial charge is 0.271 e. The fourth-order valence-electron chi connectivity index (χ4n) is 4.26. The molecule has 4 aromatic carbocycles. The molecule has 6 heteroatoms. The van der Waals surface area contributed by atoms with Crippen LogP contribution >= 0.6 is 11.6 Å². The highest BCUT2D eigenvalue weighted by atomic mass is 35.5. The number of nitrogens with zero attached hydrogens (tertiary/aromatic N) is 3. The first-order valence-corrected chi connectivity index (χ1v) is 10.9. The molecule has 32 heavy (non-hydrogen) atoms. The molecule has 158 valence electrons. The van der Waals surface area contributed by atoms with E-state index in [1.165, 1.54) is 0 Å². The summed E-state index contributed by atoms with van der Waals surface area (Å²) in [6.45, 7) is 4.88. The highest BCUT2D eigenvalue weighted by Crippen LogP contribution is 2.35. The van der Waals surface area contributed by atoms with Gasteiger partial charge in [-0.3, -0.25) is 4.79 Å². The van der Waals surface area contributed by atoms with Crippen LogP contribution in [0.1, 0.15) is 28.7 Å². The van der Waals surface area contributed by atoms with Gasteiger partial charge in [-0.15, -0.1) is 0 Å². The van der Waals surface area contributed by atoms with E-state index in [0.717, 1.165) is 50.5 Å². The number of hydrogen-bond acceptors (Lipinski definition) is 3. The van der Waals surface area contributed by atoms with Crippen LogP contribution in [0.25, 0.3) is 32.6 Å². The monoisotopic (exact) mass is 440 g/mol. The Morgan fingerprint density at radius 2 is 1.66 bits per heavy atom. The summed E-state index contributed by atoms with van der Waals surface area (Å²) in [6, 6.07) is 21.4. The van der Waals surface area contributed by atoms with E-state index in [2.05, 4.69) is 27.0 Å². The molecule has 0 aliphatic rings. The van der Waals surface area contributed by atoms with Crippen LogP contribution < -0.4 is 5.43 Å². The van der Waals surface area contributed by atoms with E-state index in [1.807, 2.05) is 61.5 Å². The lowest BCUT2D eigenvalue weighted by Gasteiger charge is -2.10. The van der Waals surface area contributed by atoms with Gasteiger partial charge in [0.05, 0.1) is 22.3 Å². The maximum atomic E-state index is 12.7. The maximum absolute atomic E-state index is 12.7. The van der Waals surface area contributed by atoms with Gasteiger partial charge < -0.3 is 4.57 Å². The largest absolute Gasteiger partial charge is 0.329 e. The topological polar surface area (TPSA) is 59.3 Å². The van der Waals surface area contributed by atoms with Crippen LogP contribution in [0.3, 0.4) is 0 Å². The lowest BCUT2D eigenvalue weighted by molar-refractivity contribution is 0.0955. The van der Waals surface area contributed by atoms with Crippen molar-refractivity contribution < 1.29 is 4.79 Å². The molecule has 0 saturated carbocycles. The third-order valence-corrected chi connectivity index (χ3v) is 6.19. The van der Waals surface area contributed by atoms with Gasteiger partial charge in [0.2, 0.25) is 0 Å². The van der Waals surface area contributed by atoms with Crippen LogP contribution in [0.2, 0.25) is 5.02 Å². The summed E-state index contributed by atoms with van der Waals surface area (Å²) in [4.78, 5) is 17.3. The number of carbonyl (C=O) groups excluding carboxylic acids is 1. The summed E-state index contributed by atoms with van der Waals surface area (Å²) in [5.41, 5.74) is 5.90. The van der Waals surface area contributed by atoms with E-state index in [4.69, 9.17) is 11.6 Å². The second-order valence-electron chi connectivity index (χ2n) is 7.62. The second-order valence-corrected chi connectivity index (χ2v) is 8.00. The van der Waals surface area contributed by atoms with Crippen LogP contribution in [0.15, 0.2) is 71.8 Å². The molecular weight excluding hydrogens is 420 g/mol. The minimum Gasteiger partial charge on any atom is -0.329 e. The molecule has 5 rings (SSSR count). The van der Waals surface area contributed by atoms with Crippen molar-refractivity contribution in [2.75, 3.05) is 0 Å². The Hall–Kier alpha value is -3.70. The number of benzene rings is 4. The van der Waals surface area contributed by atoms with Crippen LogP contribution in [0, 0.1) is 6.92 Å². The van der Waals surface area contributed by atoms with E-state index in [1.54, 1.807) is 18.3 Å². The lowest BCUT2D eigenvalue weighted by Crippen LogP contribution is -2.17. The Bertz CT molecular complexity index is 1480. The average molecular weight is 441 g/mol. The Morgan fingerprint density at radius 1 is 1.03 bits per heavy atom. The molecule has 1 heterocycles. The normalized spacial score (nSPS) is 11.7. The van der Waals surface area contributed by atoms with Gasteiger partial charge in [-0.1, -0.05) is 60.1 Å². The van der Waals surface area contributed by atoms with Crippen molar-refractivity contribution in [2.24, 2.45) is 5.10 Å². The van der Waals surface area contributed by atoms with Gasteiger partial charge in [-0.05, 0) is 42.8 Å². The Morgan fingerprint density at radius 3 is 2.28 bits per heavy atom. The summed E-state index contributed by atoms with van der Waals surface area (Å²) in [5, 5.41) is 8.86. The Balaban J connectivity index is 1.49. The molecule has 0 saturated heterocycles.